The van der Waals surface area contributed by atoms with Gasteiger partial charge in [-0.2, -0.15) is 0 Å². The summed E-state index contributed by atoms with van der Waals surface area (Å²) in [4.78, 5) is 16.4. The number of aromatic nitrogens is 1. The molecule has 5 heteroatoms. The lowest BCUT2D eigenvalue weighted by Crippen LogP contribution is -2.26. The molecule has 0 unspecified atom stereocenters. The normalized spacial score (nSPS) is 15.2. The Morgan fingerprint density at radius 3 is 2.78 bits per heavy atom. The highest BCUT2D eigenvalue weighted by Crippen LogP contribution is 2.17. The number of hydrogen-bond acceptors (Lipinski definition) is 4. The molecule has 1 N–H and O–H groups in total. The number of hydrogen-bond donors (Lipinski definition) is 1. The lowest BCUT2D eigenvalue weighted by molar-refractivity contribution is 0.0237. The minimum atomic E-state index is -0.180. The maximum atomic E-state index is 12.2. The van der Waals surface area contributed by atoms with E-state index in [9.17, 15) is 4.79 Å². The molecule has 2 aromatic rings. The van der Waals surface area contributed by atoms with Gasteiger partial charge in [0.1, 0.15) is 6.10 Å². The summed E-state index contributed by atoms with van der Waals surface area (Å²) in [5.41, 5.74) is 2.38. The molecule has 3 rings (SSSR count). The summed E-state index contributed by atoms with van der Waals surface area (Å²) in [6, 6.07) is 11.1. The highest BCUT2D eigenvalue weighted by Gasteiger charge is 2.16. The minimum Gasteiger partial charge on any atom is -0.474 e. The number of pyridine rings is 1. The summed E-state index contributed by atoms with van der Waals surface area (Å²) < 4.78 is 11.1. The van der Waals surface area contributed by atoms with Gasteiger partial charge in [0.2, 0.25) is 5.88 Å². The first-order chi connectivity index (χ1) is 11.2. The Bertz CT molecular complexity index is 664. The zero-order valence-electron chi connectivity index (χ0n) is 13.1. The van der Waals surface area contributed by atoms with Crippen molar-refractivity contribution in [3.05, 3.63) is 53.7 Å². The van der Waals surface area contributed by atoms with Crippen LogP contribution in [-0.4, -0.2) is 30.2 Å². The highest BCUT2D eigenvalue weighted by atomic mass is 16.5. The van der Waals surface area contributed by atoms with Crippen LogP contribution in [0.25, 0.3) is 0 Å². The van der Waals surface area contributed by atoms with E-state index >= 15 is 0 Å². The zero-order valence-corrected chi connectivity index (χ0v) is 13.1. The van der Waals surface area contributed by atoms with Gasteiger partial charge in [0.25, 0.3) is 5.91 Å². The van der Waals surface area contributed by atoms with Crippen molar-refractivity contribution in [2.75, 3.05) is 18.5 Å². The molecular formula is C18H20N2O3. The van der Waals surface area contributed by atoms with Crippen LogP contribution in [0.4, 0.5) is 5.69 Å². The molecule has 1 aromatic carbocycles. The fraction of sp³-hybridized carbons (Fsp3) is 0.333. The number of amides is 1. The van der Waals surface area contributed by atoms with E-state index in [1.54, 1.807) is 18.3 Å². The van der Waals surface area contributed by atoms with Gasteiger partial charge in [-0.3, -0.25) is 4.79 Å². The van der Waals surface area contributed by atoms with Crippen LogP contribution >= 0.6 is 0 Å². The van der Waals surface area contributed by atoms with Gasteiger partial charge in [-0.25, -0.2) is 4.98 Å². The Hall–Kier alpha value is -2.40. The molecule has 5 nitrogen and oxygen atoms in total. The summed E-state index contributed by atoms with van der Waals surface area (Å²) in [6.45, 7) is 3.43. The number of nitrogens with zero attached hydrogens (tertiary/aromatic N) is 1. The molecule has 23 heavy (non-hydrogen) atoms. The van der Waals surface area contributed by atoms with E-state index in [0.29, 0.717) is 11.4 Å². The van der Waals surface area contributed by atoms with Crippen LogP contribution in [-0.2, 0) is 4.74 Å². The van der Waals surface area contributed by atoms with Crippen LogP contribution in [0.2, 0.25) is 0 Å². The second kappa shape index (κ2) is 7.24. The van der Waals surface area contributed by atoms with Gasteiger partial charge in [0.15, 0.2) is 0 Å². The molecule has 1 fully saturated rings. The Kier molecular flexibility index (Phi) is 4.88. The topological polar surface area (TPSA) is 60.5 Å². The third kappa shape index (κ3) is 4.29. The first-order valence-corrected chi connectivity index (χ1v) is 7.79. The molecule has 0 aliphatic carbocycles. The summed E-state index contributed by atoms with van der Waals surface area (Å²) >= 11 is 0. The van der Waals surface area contributed by atoms with E-state index < -0.39 is 0 Å². The van der Waals surface area contributed by atoms with E-state index in [-0.39, 0.29) is 12.0 Å². The van der Waals surface area contributed by atoms with Crippen LogP contribution in [0.15, 0.2) is 42.6 Å². The number of ether oxygens (including phenoxy) is 2. The number of benzene rings is 1. The van der Waals surface area contributed by atoms with Crippen LogP contribution in [0.1, 0.15) is 28.8 Å². The van der Waals surface area contributed by atoms with E-state index in [1.807, 2.05) is 31.2 Å². The van der Waals surface area contributed by atoms with Crippen molar-refractivity contribution in [2.45, 2.75) is 25.9 Å². The molecule has 0 saturated carbocycles. The lowest BCUT2D eigenvalue weighted by atomic mass is 10.1. The number of aryl methyl sites for hydroxylation is 1. The van der Waals surface area contributed by atoms with Gasteiger partial charge in [0, 0.05) is 30.8 Å². The lowest BCUT2D eigenvalue weighted by Gasteiger charge is -2.22. The van der Waals surface area contributed by atoms with Crippen molar-refractivity contribution in [1.82, 2.24) is 4.98 Å². The second-order valence-corrected chi connectivity index (χ2v) is 5.64. The first kappa shape index (κ1) is 15.5. The number of nitrogens with one attached hydrogen (secondary N) is 1. The fourth-order valence-corrected chi connectivity index (χ4v) is 2.47. The third-order valence-electron chi connectivity index (χ3n) is 3.73. The molecule has 1 amide bonds. The SMILES string of the molecule is Cc1cccc(NC(=O)c2ccc(OC3CCOCC3)nc2)c1. The van der Waals surface area contributed by atoms with Gasteiger partial charge in [-0.1, -0.05) is 12.1 Å². The van der Waals surface area contributed by atoms with Crippen molar-refractivity contribution in [3.63, 3.8) is 0 Å². The molecule has 2 heterocycles. The monoisotopic (exact) mass is 312 g/mol. The molecule has 0 bridgehead atoms. The summed E-state index contributed by atoms with van der Waals surface area (Å²) in [5.74, 6) is 0.365. The Labute approximate surface area is 135 Å². The van der Waals surface area contributed by atoms with Crippen LogP contribution < -0.4 is 10.1 Å². The van der Waals surface area contributed by atoms with E-state index in [1.165, 1.54) is 0 Å². The molecule has 0 radical (unpaired) electrons. The molecule has 1 saturated heterocycles. The predicted octanol–water partition coefficient (Wildman–Crippen LogP) is 3.20. The molecular weight excluding hydrogens is 292 g/mol. The van der Waals surface area contributed by atoms with Crippen molar-refractivity contribution < 1.29 is 14.3 Å². The Balaban J connectivity index is 1.60. The average Bonchev–Trinajstić information content (AvgIpc) is 2.56. The largest absolute Gasteiger partial charge is 0.474 e. The van der Waals surface area contributed by atoms with Crippen LogP contribution in [0.3, 0.4) is 0 Å². The smallest absolute Gasteiger partial charge is 0.257 e. The van der Waals surface area contributed by atoms with E-state index in [2.05, 4.69) is 10.3 Å². The molecule has 1 aliphatic heterocycles. The van der Waals surface area contributed by atoms with Gasteiger partial charge < -0.3 is 14.8 Å². The van der Waals surface area contributed by atoms with Gasteiger partial charge in [0.05, 0.1) is 18.8 Å². The van der Waals surface area contributed by atoms with Gasteiger partial charge in [-0.15, -0.1) is 0 Å². The molecule has 0 atom stereocenters. The Morgan fingerprint density at radius 1 is 1.26 bits per heavy atom. The number of anilines is 1. The molecule has 1 aliphatic rings. The number of carbonyl (C=O) groups excluding carboxylic acids is 1. The quantitative estimate of drug-likeness (QED) is 0.942. The standard InChI is InChI=1S/C18H20N2O3/c1-13-3-2-4-15(11-13)20-18(21)14-5-6-17(19-12-14)23-16-7-9-22-10-8-16/h2-6,11-12,16H,7-10H2,1H3,(H,20,21). The van der Waals surface area contributed by atoms with Crippen molar-refractivity contribution in [3.8, 4) is 5.88 Å². The van der Waals surface area contributed by atoms with Crippen LogP contribution in [0.5, 0.6) is 5.88 Å². The highest BCUT2D eigenvalue weighted by molar-refractivity contribution is 6.04. The minimum absolute atomic E-state index is 0.142. The summed E-state index contributed by atoms with van der Waals surface area (Å²) in [5, 5.41) is 2.86. The second-order valence-electron chi connectivity index (χ2n) is 5.64. The third-order valence-corrected chi connectivity index (χ3v) is 3.73. The maximum Gasteiger partial charge on any atom is 0.257 e. The Morgan fingerprint density at radius 2 is 2.09 bits per heavy atom. The van der Waals surface area contributed by atoms with Gasteiger partial charge in [-0.05, 0) is 30.7 Å². The first-order valence-electron chi connectivity index (χ1n) is 7.79. The molecule has 120 valence electrons. The maximum absolute atomic E-state index is 12.2. The van der Waals surface area contributed by atoms with Crippen molar-refractivity contribution >= 4 is 11.6 Å². The summed E-state index contributed by atoms with van der Waals surface area (Å²) in [7, 11) is 0. The van der Waals surface area contributed by atoms with E-state index in [0.717, 1.165) is 37.3 Å². The predicted molar refractivity (Wildman–Crippen MR) is 87.8 cm³/mol. The van der Waals surface area contributed by atoms with E-state index in [4.69, 9.17) is 9.47 Å². The molecule has 0 spiro atoms. The average molecular weight is 312 g/mol. The van der Waals surface area contributed by atoms with Crippen molar-refractivity contribution in [2.24, 2.45) is 0 Å². The number of rotatable bonds is 4. The van der Waals surface area contributed by atoms with Crippen molar-refractivity contribution in [1.29, 1.82) is 0 Å². The van der Waals surface area contributed by atoms with Crippen LogP contribution in [0, 0.1) is 6.92 Å². The fourth-order valence-electron chi connectivity index (χ4n) is 2.47. The zero-order chi connectivity index (χ0) is 16.1. The van der Waals surface area contributed by atoms with Gasteiger partial charge >= 0.3 is 0 Å². The molecule has 1 aromatic heterocycles. The summed E-state index contributed by atoms with van der Waals surface area (Å²) in [6.07, 6.45) is 3.43. The number of carbonyl (C=O) groups is 1.